The Balaban J connectivity index is 2.26. The molecule has 0 saturated heterocycles. The average Bonchev–Trinajstić information content (AvgIpc) is 2.92. The molecule has 0 aliphatic heterocycles. The van der Waals surface area contributed by atoms with E-state index in [0.29, 0.717) is 22.5 Å². The van der Waals surface area contributed by atoms with Crippen molar-refractivity contribution in [2.24, 2.45) is 0 Å². The molecule has 0 aliphatic rings. The van der Waals surface area contributed by atoms with Crippen LogP contribution in [0, 0.1) is 0 Å². The van der Waals surface area contributed by atoms with Gasteiger partial charge in [-0.05, 0) is 36.2 Å². The molecule has 3 rings (SSSR count). The molecule has 90 valence electrons. The molecule has 18 heavy (non-hydrogen) atoms. The molecule has 0 aliphatic carbocycles. The third-order valence-electron chi connectivity index (χ3n) is 2.96. The lowest BCUT2D eigenvalue weighted by Crippen LogP contribution is -2.00. The Morgan fingerprint density at radius 3 is 2.72 bits per heavy atom. The van der Waals surface area contributed by atoms with E-state index in [1.807, 2.05) is 18.2 Å². The minimum atomic E-state index is -0.0436. The van der Waals surface area contributed by atoms with Gasteiger partial charge in [-0.1, -0.05) is 13.0 Å². The fourth-order valence-corrected chi connectivity index (χ4v) is 1.96. The van der Waals surface area contributed by atoms with E-state index in [1.54, 1.807) is 18.4 Å². The van der Waals surface area contributed by atoms with Gasteiger partial charge in [-0.15, -0.1) is 0 Å². The van der Waals surface area contributed by atoms with Crippen LogP contribution in [0.15, 0.2) is 56.3 Å². The van der Waals surface area contributed by atoms with Crippen LogP contribution in [0.3, 0.4) is 0 Å². The second kappa shape index (κ2) is 4.18. The molecule has 0 spiro atoms. The SMILES string of the molecule is CCc1ccc2oc(-c3ccco3)cc(=O)c2c1. The molecule has 3 heteroatoms. The van der Waals surface area contributed by atoms with E-state index in [4.69, 9.17) is 8.83 Å². The highest BCUT2D eigenvalue weighted by Gasteiger charge is 2.09. The minimum absolute atomic E-state index is 0.0436. The van der Waals surface area contributed by atoms with Crippen LogP contribution in [0.1, 0.15) is 12.5 Å². The monoisotopic (exact) mass is 240 g/mol. The van der Waals surface area contributed by atoms with Crippen molar-refractivity contribution in [2.75, 3.05) is 0 Å². The lowest BCUT2D eigenvalue weighted by molar-refractivity contribution is 0.537. The maximum Gasteiger partial charge on any atom is 0.193 e. The zero-order valence-electron chi connectivity index (χ0n) is 9.97. The molecule has 0 N–H and O–H groups in total. The van der Waals surface area contributed by atoms with Gasteiger partial charge >= 0.3 is 0 Å². The Morgan fingerprint density at radius 2 is 2.00 bits per heavy atom. The standard InChI is InChI=1S/C15H12O3/c1-2-10-5-6-13-11(8-10)12(16)9-15(18-13)14-4-3-7-17-14/h3-9H,2H2,1H3. The zero-order valence-corrected chi connectivity index (χ0v) is 9.97. The molecule has 0 unspecified atom stereocenters. The number of hydrogen-bond donors (Lipinski definition) is 0. The second-order valence-electron chi connectivity index (χ2n) is 4.14. The van der Waals surface area contributed by atoms with Crippen molar-refractivity contribution in [3.8, 4) is 11.5 Å². The minimum Gasteiger partial charge on any atom is -0.461 e. The van der Waals surface area contributed by atoms with E-state index in [0.717, 1.165) is 12.0 Å². The summed E-state index contributed by atoms with van der Waals surface area (Å²) in [5, 5.41) is 0.615. The van der Waals surface area contributed by atoms with Crippen molar-refractivity contribution in [3.63, 3.8) is 0 Å². The number of rotatable bonds is 2. The van der Waals surface area contributed by atoms with E-state index in [2.05, 4.69) is 6.92 Å². The zero-order chi connectivity index (χ0) is 12.5. The van der Waals surface area contributed by atoms with Crippen molar-refractivity contribution in [1.29, 1.82) is 0 Å². The highest BCUT2D eigenvalue weighted by atomic mass is 16.4. The molecule has 1 aromatic carbocycles. The number of aryl methyl sites for hydroxylation is 1. The van der Waals surface area contributed by atoms with E-state index in [1.165, 1.54) is 6.07 Å². The van der Waals surface area contributed by atoms with Gasteiger partial charge in [0.2, 0.25) is 0 Å². The van der Waals surface area contributed by atoms with Gasteiger partial charge in [-0.2, -0.15) is 0 Å². The maximum absolute atomic E-state index is 12.1. The number of hydrogen-bond acceptors (Lipinski definition) is 3. The maximum atomic E-state index is 12.1. The average molecular weight is 240 g/mol. The fraction of sp³-hybridized carbons (Fsp3) is 0.133. The summed E-state index contributed by atoms with van der Waals surface area (Å²) < 4.78 is 10.9. The van der Waals surface area contributed by atoms with Crippen molar-refractivity contribution in [1.82, 2.24) is 0 Å². The van der Waals surface area contributed by atoms with Crippen molar-refractivity contribution in [2.45, 2.75) is 13.3 Å². The van der Waals surface area contributed by atoms with Crippen LogP contribution < -0.4 is 5.43 Å². The molecule has 0 bridgehead atoms. The molecule has 2 heterocycles. The van der Waals surface area contributed by atoms with Gasteiger partial charge in [0.25, 0.3) is 0 Å². The van der Waals surface area contributed by atoms with E-state index in [9.17, 15) is 4.79 Å². The third kappa shape index (κ3) is 1.74. The third-order valence-corrected chi connectivity index (χ3v) is 2.96. The summed E-state index contributed by atoms with van der Waals surface area (Å²) in [7, 11) is 0. The van der Waals surface area contributed by atoms with Crippen molar-refractivity contribution >= 4 is 11.0 Å². The normalized spacial score (nSPS) is 10.9. The van der Waals surface area contributed by atoms with Gasteiger partial charge in [0.15, 0.2) is 16.9 Å². The molecule has 0 saturated carbocycles. The molecule has 0 radical (unpaired) electrons. The van der Waals surface area contributed by atoms with E-state index in [-0.39, 0.29) is 5.43 Å². The summed E-state index contributed by atoms with van der Waals surface area (Å²) in [6, 6.07) is 10.7. The molecule has 2 aromatic heterocycles. The van der Waals surface area contributed by atoms with Crippen LogP contribution in [0.4, 0.5) is 0 Å². The van der Waals surface area contributed by atoms with Gasteiger partial charge in [0.05, 0.1) is 11.6 Å². The molecule has 3 nitrogen and oxygen atoms in total. The Bertz CT molecular complexity index is 736. The summed E-state index contributed by atoms with van der Waals surface area (Å²) in [6.07, 6.45) is 2.45. The van der Waals surface area contributed by atoms with Gasteiger partial charge in [-0.25, -0.2) is 0 Å². The summed E-state index contributed by atoms with van der Waals surface area (Å²) in [5.74, 6) is 1.02. The van der Waals surface area contributed by atoms with Crippen LogP contribution in [-0.4, -0.2) is 0 Å². The molecular formula is C15H12O3. The smallest absolute Gasteiger partial charge is 0.193 e. The molecule has 0 atom stereocenters. The highest BCUT2D eigenvalue weighted by Crippen LogP contribution is 2.23. The fourth-order valence-electron chi connectivity index (χ4n) is 1.96. The van der Waals surface area contributed by atoms with Crippen LogP contribution in [-0.2, 0) is 6.42 Å². The summed E-state index contributed by atoms with van der Waals surface area (Å²) in [5.41, 5.74) is 1.67. The van der Waals surface area contributed by atoms with Gasteiger partial charge < -0.3 is 8.83 Å². The van der Waals surface area contributed by atoms with E-state index < -0.39 is 0 Å². The van der Waals surface area contributed by atoms with Crippen LogP contribution in [0.25, 0.3) is 22.5 Å². The predicted molar refractivity (Wildman–Crippen MR) is 69.6 cm³/mol. The van der Waals surface area contributed by atoms with E-state index >= 15 is 0 Å². The number of furan rings is 1. The molecule has 0 amide bonds. The Hall–Kier alpha value is -2.29. The van der Waals surface area contributed by atoms with Crippen LogP contribution in [0.5, 0.6) is 0 Å². The Labute approximate surface area is 104 Å². The summed E-state index contributed by atoms with van der Waals surface area (Å²) >= 11 is 0. The molecular weight excluding hydrogens is 228 g/mol. The topological polar surface area (TPSA) is 43.4 Å². The van der Waals surface area contributed by atoms with Crippen molar-refractivity contribution in [3.05, 3.63) is 58.4 Å². The van der Waals surface area contributed by atoms with Gasteiger partial charge in [0.1, 0.15) is 5.58 Å². The number of benzene rings is 1. The second-order valence-corrected chi connectivity index (χ2v) is 4.14. The largest absolute Gasteiger partial charge is 0.461 e. The lowest BCUT2D eigenvalue weighted by atomic mass is 10.1. The predicted octanol–water partition coefficient (Wildman–Crippen LogP) is 3.62. The molecule has 3 aromatic rings. The summed E-state index contributed by atoms with van der Waals surface area (Å²) in [6.45, 7) is 2.06. The first kappa shape index (κ1) is 10.8. The van der Waals surface area contributed by atoms with Crippen molar-refractivity contribution < 1.29 is 8.83 Å². The van der Waals surface area contributed by atoms with Crippen LogP contribution >= 0.6 is 0 Å². The van der Waals surface area contributed by atoms with Gasteiger partial charge in [0, 0.05) is 6.07 Å². The summed E-state index contributed by atoms with van der Waals surface area (Å²) in [4.78, 5) is 12.1. The van der Waals surface area contributed by atoms with Gasteiger partial charge in [-0.3, -0.25) is 4.79 Å². The first-order chi connectivity index (χ1) is 8.78. The van der Waals surface area contributed by atoms with Crippen LogP contribution in [0.2, 0.25) is 0 Å². The first-order valence-corrected chi connectivity index (χ1v) is 5.88. The first-order valence-electron chi connectivity index (χ1n) is 5.88. The Morgan fingerprint density at radius 1 is 1.11 bits per heavy atom. The lowest BCUT2D eigenvalue weighted by Gasteiger charge is -2.02. The Kier molecular flexibility index (Phi) is 2.52. The quantitative estimate of drug-likeness (QED) is 0.687. The highest BCUT2D eigenvalue weighted by molar-refractivity contribution is 5.78. The molecule has 0 fully saturated rings. The number of fused-ring (bicyclic) bond motifs is 1.